The topological polar surface area (TPSA) is 65.4 Å². The molecule has 0 saturated heterocycles. The predicted octanol–water partition coefficient (Wildman–Crippen LogP) is 3.89. The van der Waals surface area contributed by atoms with Gasteiger partial charge in [0, 0.05) is 12.8 Å². The van der Waals surface area contributed by atoms with Crippen molar-refractivity contribution in [2.45, 2.75) is 46.6 Å². The van der Waals surface area contributed by atoms with Crippen molar-refractivity contribution in [3.63, 3.8) is 0 Å². The summed E-state index contributed by atoms with van der Waals surface area (Å²) < 4.78 is 12.6. The molecule has 1 amide bonds. The van der Waals surface area contributed by atoms with E-state index >= 15 is 0 Å². The Morgan fingerprint density at radius 2 is 2.04 bits per heavy atom. The number of rotatable bonds is 9. The third kappa shape index (κ3) is 6.58. The molecule has 2 rings (SSSR count). The van der Waals surface area contributed by atoms with E-state index in [1.165, 1.54) is 0 Å². The van der Waals surface area contributed by atoms with Crippen LogP contribution >= 0.6 is 0 Å². The smallest absolute Gasteiger partial charge is 0.408 e. The van der Waals surface area contributed by atoms with E-state index in [2.05, 4.69) is 24.1 Å². The van der Waals surface area contributed by atoms with Crippen molar-refractivity contribution in [1.82, 2.24) is 14.9 Å². The van der Waals surface area contributed by atoms with E-state index in [0.29, 0.717) is 19.3 Å². The third-order valence-corrected chi connectivity index (χ3v) is 3.67. The lowest BCUT2D eigenvalue weighted by Crippen LogP contribution is -2.30. The average Bonchev–Trinajstić information content (AvgIpc) is 3.07. The maximum Gasteiger partial charge on any atom is 0.408 e. The Balaban J connectivity index is 1.94. The summed E-state index contributed by atoms with van der Waals surface area (Å²) in [6.45, 7) is 7.52. The minimum absolute atomic E-state index is 0.189. The van der Waals surface area contributed by atoms with Gasteiger partial charge in [-0.1, -0.05) is 44.2 Å². The van der Waals surface area contributed by atoms with Crippen LogP contribution in [0.5, 0.6) is 0 Å². The molecule has 0 unspecified atom stereocenters. The minimum Gasteiger partial charge on any atom is -0.445 e. The number of alkyl carbamates (subject to hydrolysis) is 1. The highest BCUT2D eigenvalue weighted by Crippen LogP contribution is 2.20. The molecule has 0 saturated carbocycles. The first-order chi connectivity index (χ1) is 12.1. The van der Waals surface area contributed by atoms with Gasteiger partial charge in [-0.25, -0.2) is 9.78 Å². The van der Waals surface area contributed by atoms with Gasteiger partial charge in [-0.05, 0) is 24.8 Å². The zero-order chi connectivity index (χ0) is 18.1. The lowest BCUT2D eigenvalue weighted by molar-refractivity contribution is 0.0877. The van der Waals surface area contributed by atoms with Gasteiger partial charge >= 0.3 is 6.09 Å². The van der Waals surface area contributed by atoms with Crippen LogP contribution in [0.1, 0.15) is 44.5 Å². The number of carbonyl (C=O) groups is 1. The monoisotopic (exact) mass is 345 g/mol. The third-order valence-electron chi connectivity index (χ3n) is 3.67. The summed E-state index contributed by atoms with van der Waals surface area (Å²) in [4.78, 5) is 16.6. The molecule has 1 aromatic heterocycles. The highest BCUT2D eigenvalue weighted by Gasteiger charge is 2.19. The lowest BCUT2D eigenvalue weighted by atomic mass is 10.0. The van der Waals surface area contributed by atoms with E-state index in [9.17, 15) is 4.79 Å². The summed E-state index contributed by atoms with van der Waals surface area (Å²) in [5.74, 6) is 0.413. The Kier molecular flexibility index (Phi) is 7.47. The summed E-state index contributed by atoms with van der Waals surface area (Å²) in [7, 11) is 0. The van der Waals surface area contributed by atoms with E-state index in [4.69, 9.17) is 9.47 Å². The molecule has 25 heavy (non-hydrogen) atoms. The molecule has 1 atom stereocenters. The summed E-state index contributed by atoms with van der Waals surface area (Å²) >= 11 is 0. The molecule has 6 heteroatoms. The maximum atomic E-state index is 12.2. The number of aromatic nitrogens is 2. The molecule has 136 valence electrons. The standard InChI is InChI=1S/C19H27N3O3/c1-4-24-14-22-11-18(20-13-22)17(10-15(2)3)21-19(23)25-12-16-8-6-5-7-9-16/h5-9,11,13,15,17H,4,10,12,14H2,1-3H3,(H,21,23)/t17-/m0/s1. The zero-order valence-electron chi connectivity index (χ0n) is 15.1. The molecule has 2 aromatic rings. The van der Waals surface area contributed by atoms with E-state index in [-0.39, 0.29) is 12.6 Å². The van der Waals surface area contributed by atoms with Crippen molar-refractivity contribution >= 4 is 6.09 Å². The Morgan fingerprint density at radius 1 is 1.28 bits per heavy atom. The van der Waals surface area contributed by atoms with Crippen LogP contribution in [0.4, 0.5) is 4.79 Å². The number of benzene rings is 1. The van der Waals surface area contributed by atoms with Crippen LogP contribution < -0.4 is 5.32 Å². The molecular weight excluding hydrogens is 318 g/mol. The van der Waals surface area contributed by atoms with Crippen LogP contribution in [0.15, 0.2) is 42.9 Å². The normalized spacial score (nSPS) is 12.2. The summed E-state index contributed by atoms with van der Waals surface area (Å²) in [6.07, 6.45) is 3.97. The molecule has 0 aliphatic rings. The molecule has 0 aliphatic heterocycles. The van der Waals surface area contributed by atoms with Gasteiger partial charge in [-0.3, -0.25) is 0 Å². The van der Waals surface area contributed by atoms with Crippen LogP contribution in [0, 0.1) is 5.92 Å². The first-order valence-electron chi connectivity index (χ1n) is 8.65. The van der Waals surface area contributed by atoms with Crippen molar-refractivity contribution in [3.8, 4) is 0 Å². The van der Waals surface area contributed by atoms with E-state index in [0.717, 1.165) is 17.7 Å². The summed E-state index contributed by atoms with van der Waals surface area (Å²) in [5.41, 5.74) is 1.77. The fourth-order valence-corrected chi connectivity index (χ4v) is 2.46. The van der Waals surface area contributed by atoms with Crippen LogP contribution in [0.25, 0.3) is 0 Å². The van der Waals surface area contributed by atoms with E-state index in [1.54, 1.807) is 6.33 Å². The second-order valence-electron chi connectivity index (χ2n) is 6.32. The second-order valence-corrected chi connectivity index (χ2v) is 6.32. The Labute approximate surface area is 149 Å². The molecule has 0 aliphatic carbocycles. The molecule has 0 spiro atoms. The number of nitrogens with one attached hydrogen (secondary N) is 1. The number of amides is 1. The molecule has 0 bridgehead atoms. The second kappa shape index (κ2) is 9.84. The van der Waals surface area contributed by atoms with Gasteiger partial charge in [0.1, 0.15) is 13.3 Å². The van der Waals surface area contributed by atoms with Crippen molar-refractivity contribution in [2.75, 3.05) is 6.61 Å². The van der Waals surface area contributed by atoms with E-state index < -0.39 is 6.09 Å². The first-order valence-corrected chi connectivity index (χ1v) is 8.65. The molecule has 1 N–H and O–H groups in total. The number of ether oxygens (including phenoxy) is 2. The van der Waals surface area contributed by atoms with Crippen molar-refractivity contribution in [2.24, 2.45) is 5.92 Å². The highest BCUT2D eigenvalue weighted by atomic mass is 16.5. The SMILES string of the molecule is CCOCn1cnc([C@H](CC(C)C)NC(=O)OCc2ccccc2)c1. The van der Waals surface area contributed by atoms with Crippen molar-refractivity contribution in [1.29, 1.82) is 0 Å². The van der Waals surface area contributed by atoms with Crippen LogP contribution in [-0.4, -0.2) is 22.3 Å². The molecule has 0 fully saturated rings. The Morgan fingerprint density at radius 3 is 2.72 bits per heavy atom. The van der Waals surface area contributed by atoms with Gasteiger partial charge in [0.2, 0.25) is 0 Å². The fourth-order valence-electron chi connectivity index (χ4n) is 2.46. The van der Waals surface area contributed by atoms with Gasteiger partial charge in [-0.2, -0.15) is 0 Å². The number of carbonyl (C=O) groups excluding carboxylic acids is 1. The van der Waals surface area contributed by atoms with Gasteiger partial charge in [0.15, 0.2) is 0 Å². The quantitative estimate of drug-likeness (QED) is 0.749. The molecule has 0 radical (unpaired) electrons. The van der Waals surface area contributed by atoms with Gasteiger partial charge in [0.05, 0.1) is 18.1 Å². The fraction of sp³-hybridized carbons (Fsp3) is 0.474. The summed E-state index contributed by atoms with van der Waals surface area (Å²) in [5, 5.41) is 2.93. The molecule has 6 nitrogen and oxygen atoms in total. The first kappa shape index (κ1) is 19.0. The molecule has 1 heterocycles. The number of hydrogen-bond donors (Lipinski definition) is 1. The van der Waals surface area contributed by atoms with Crippen molar-refractivity contribution < 1.29 is 14.3 Å². The summed E-state index contributed by atoms with van der Waals surface area (Å²) in [6, 6.07) is 9.43. The van der Waals surface area contributed by atoms with Gasteiger partial charge in [0.25, 0.3) is 0 Å². The Bertz CT molecular complexity index is 640. The average molecular weight is 345 g/mol. The number of imidazole rings is 1. The maximum absolute atomic E-state index is 12.2. The van der Waals surface area contributed by atoms with Gasteiger partial charge in [-0.15, -0.1) is 0 Å². The molecule has 1 aromatic carbocycles. The Hall–Kier alpha value is -2.34. The number of hydrogen-bond acceptors (Lipinski definition) is 4. The largest absolute Gasteiger partial charge is 0.445 e. The lowest BCUT2D eigenvalue weighted by Gasteiger charge is -2.18. The molecular formula is C19H27N3O3. The van der Waals surface area contributed by atoms with Crippen molar-refractivity contribution in [3.05, 3.63) is 54.1 Å². The van der Waals surface area contributed by atoms with Crippen LogP contribution in [0.2, 0.25) is 0 Å². The zero-order valence-corrected chi connectivity index (χ0v) is 15.1. The number of nitrogens with zero attached hydrogens (tertiary/aromatic N) is 2. The highest BCUT2D eigenvalue weighted by molar-refractivity contribution is 5.67. The van der Waals surface area contributed by atoms with Gasteiger partial charge < -0.3 is 19.4 Å². The van der Waals surface area contributed by atoms with E-state index in [1.807, 2.05) is 48.0 Å². The predicted molar refractivity (Wildman–Crippen MR) is 95.8 cm³/mol. The van der Waals surface area contributed by atoms with Crippen LogP contribution in [-0.2, 0) is 22.8 Å². The van der Waals surface area contributed by atoms with Crippen LogP contribution in [0.3, 0.4) is 0 Å². The minimum atomic E-state index is -0.436.